The number of aliphatic hydroxyl groups excluding tert-OH is 1. The maximum atomic E-state index is 13.5. The highest BCUT2D eigenvalue weighted by Gasteiger charge is 2.48. The summed E-state index contributed by atoms with van der Waals surface area (Å²) in [6.45, 7) is 4.64. The molecule has 1 unspecified atom stereocenters. The fourth-order valence-corrected chi connectivity index (χ4v) is 5.46. The predicted octanol–water partition coefficient (Wildman–Crippen LogP) is 5.63. The van der Waals surface area contributed by atoms with E-state index in [1.165, 1.54) is 34.4 Å². The summed E-state index contributed by atoms with van der Waals surface area (Å²) in [7, 11) is 0. The monoisotopic (exact) mass is 545 g/mol. The van der Waals surface area contributed by atoms with Crippen LogP contribution in [0, 0.1) is 10.1 Å². The third-order valence-corrected chi connectivity index (χ3v) is 7.16. The number of amides is 1. The first-order chi connectivity index (χ1) is 18.8. The van der Waals surface area contributed by atoms with Crippen molar-refractivity contribution in [1.82, 2.24) is 4.98 Å². The molecule has 0 spiro atoms. The van der Waals surface area contributed by atoms with Crippen molar-refractivity contribution in [1.29, 1.82) is 0 Å². The number of carbonyl (C=O) groups is 2. The molecule has 1 saturated heterocycles. The molecule has 1 N–H and O–H groups in total. The number of rotatable bonds is 8. The van der Waals surface area contributed by atoms with Gasteiger partial charge >= 0.3 is 5.91 Å². The lowest BCUT2D eigenvalue weighted by Gasteiger charge is -2.22. The number of benzene rings is 3. The van der Waals surface area contributed by atoms with E-state index in [9.17, 15) is 24.8 Å². The Morgan fingerprint density at radius 2 is 1.72 bits per heavy atom. The maximum absolute atomic E-state index is 13.5. The molecule has 198 valence electrons. The van der Waals surface area contributed by atoms with Crippen LogP contribution in [0.3, 0.4) is 0 Å². The molecule has 0 radical (unpaired) electrons. The van der Waals surface area contributed by atoms with Gasteiger partial charge in [-0.05, 0) is 61.9 Å². The number of nitro benzene ring substituents is 1. The van der Waals surface area contributed by atoms with Gasteiger partial charge in [0.1, 0.15) is 17.3 Å². The molecule has 1 atom stereocenters. The van der Waals surface area contributed by atoms with E-state index in [0.29, 0.717) is 30.2 Å². The summed E-state index contributed by atoms with van der Waals surface area (Å²) in [6, 6.07) is 16.2. The van der Waals surface area contributed by atoms with Gasteiger partial charge in [0.2, 0.25) is 0 Å². The average molecular weight is 546 g/mol. The van der Waals surface area contributed by atoms with Gasteiger partial charge in [-0.15, -0.1) is 0 Å². The Morgan fingerprint density at radius 3 is 2.41 bits per heavy atom. The summed E-state index contributed by atoms with van der Waals surface area (Å²) in [5, 5.41) is 23.1. The van der Waals surface area contributed by atoms with Crippen LogP contribution in [-0.2, 0) is 9.59 Å². The lowest BCUT2D eigenvalue weighted by Crippen LogP contribution is -2.29. The average Bonchev–Trinajstić information content (AvgIpc) is 3.47. The molecule has 1 aliphatic heterocycles. The zero-order valence-electron chi connectivity index (χ0n) is 21.0. The van der Waals surface area contributed by atoms with Gasteiger partial charge in [-0.25, -0.2) is 4.98 Å². The van der Waals surface area contributed by atoms with Crippen LogP contribution >= 0.6 is 11.3 Å². The van der Waals surface area contributed by atoms with Crippen LogP contribution in [0.2, 0.25) is 0 Å². The Hall–Kier alpha value is -4.77. The Labute approximate surface area is 226 Å². The standard InChI is InChI=1S/C28H23N3O7S/c1-3-37-19-10-8-16(9-11-19)25(32)23-24(17-6-5-7-18(14-17)31(35)36)30(27(34)26(23)33)28-29-21-13-12-20(38-4-2)15-22(21)39-28/h5-15,24,32H,3-4H2,1-2H3. The minimum atomic E-state index is -1.15. The number of ketones is 1. The Kier molecular flexibility index (Phi) is 6.99. The topological polar surface area (TPSA) is 132 Å². The van der Waals surface area contributed by atoms with Crippen molar-refractivity contribution in [2.75, 3.05) is 18.1 Å². The van der Waals surface area contributed by atoms with Crippen molar-refractivity contribution in [3.05, 3.63) is 93.5 Å². The number of fused-ring (bicyclic) bond motifs is 1. The molecule has 11 heteroatoms. The first kappa shape index (κ1) is 25.9. The first-order valence-electron chi connectivity index (χ1n) is 12.1. The Bertz CT molecular complexity index is 1630. The number of Topliss-reactive ketones (excluding diaryl/α,β-unsaturated/α-hetero) is 1. The van der Waals surface area contributed by atoms with Crippen LogP contribution < -0.4 is 14.4 Å². The third kappa shape index (κ3) is 4.79. The van der Waals surface area contributed by atoms with Crippen molar-refractivity contribution >= 4 is 49.8 Å². The van der Waals surface area contributed by atoms with E-state index < -0.39 is 28.4 Å². The highest BCUT2D eigenvalue weighted by atomic mass is 32.1. The van der Waals surface area contributed by atoms with E-state index >= 15 is 0 Å². The van der Waals surface area contributed by atoms with Crippen molar-refractivity contribution in [2.45, 2.75) is 19.9 Å². The van der Waals surface area contributed by atoms with Crippen LogP contribution in [0.5, 0.6) is 11.5 Å². The largest absolute Gasteiger partial charge is 0.507 e. The fourth-order valence-electron chi connectivity index (χ4n) is 4.44. The molecule has 5 rings (SSSR count). The predicted molar refractivity (Wildman–Crippen MR) is 146 cm³/mol. The van der Waals surface area contributed by atoms with Gasteiger partial charge in [-0.2, -0.15) is 0 Å². The lowest BCUT2D eigenvalue weighted by molar-refractivity contribution is -0.384. The van der Waals surface area contributed by atoms with Crippen LogP contribution in [0.15, 0.2) is 72.3 Å². The second-order valence-electron chi connectivity index (χ2n) is 8.54. The summed E-state index contributed by atoms with van der Waals surface area (Å²) < 4.78 is 11.7. The van der Waals surface area contributed by atoms with Gasteiger partial charge in [-0.3, -0.25) is 24.6 Å². The Morgan fingerprint density at radius 1 is 1.03 bits per heavy atom. The molecule has 3 aromatic carbocycles. The number of aromatic nitrogens is 1. The number of nitrogens with zero attached hydrogens (tertiary/aromatic N) is 3. The second kappa shape index (κ2) is 10.5. The number of non-ortho nitro benzene ring substituents is 1. The molecule has 0 aliphatic carbocycles. The number of nitro groups is 1. The van der Waals surface area contributed by atoms with Crippen LogP contribution in [0.1, 0.15) is 31.0 Å². The number of carbonyl (C=O) groups excluding carboxylic acids is 2. The van der Waals surface area contributed by atoms with Crippen LogP contribution in [-0.4, -0.2) is 39.9 Å². The molecule has 4 aromatic rings. The van der Waals surface area contributed by atoms with Gasteiger partial charge < -0.3 is 14.6 Å². The molecule has 1 aliphatic rings. The SMILES string of the molecule is CCOc1ccc(C(O)=C2C(=O)C(=O)N(c3nc4ccc(OCC)cc4s3)C2c2cccc([N+](=O)[O-])c2)cc1. The van der Waals surface area contributed by atoms with E-state index in [-0.39, 0.29) is 27.5 Å². The van der Waals surface area contributed by atoms with Crippen LogP contribution in [0.4, 0.5) is 10.8 Å². The number of ether oxygens (including phenoxy) is 2. The number of hydrogen-bond donors (Lipinski definition) is 1. The second-order valence-corrected chi connectivity index (χ2v) is 9.55. The van der Waals surface area contributed by atoms with Crippen molar-refractivity contribution < 1.29 is 29.1 Å². The van der Waals surface area contributed by atoms with Gasteiger partial charge in [0.25, 0.3) is 11.5 Å². The number of aliphatic hydroxyl groups is 1. The van der Waals surface area contributed by atoms with Crippen LogP contribution in [0.25, 0.3) is 16.0 Å². The summed E-state index contributed by atoms with van der Waals surface area (Å²) in [6.07, 6.45) is 0. The van der Waals surface area contributed by atoms with E-state index in [2.05, 4.69) is 4.98 Å². The highest BCUT2D eigenvalue weighted by molar-refractivity contribution is 7.22. The lowest BCUT2D eigenvalue weighted by atomic mass is 9.95. The Balaban J connectivity index is 1.68. The van der Waals surface area contributed by atoms with E-state index in [4.69, 9.17) is 9.47 Å². The molecule has 10 nitrogen and oxygen atoms in total. The van der Waals surface area contributed by atoms with Gasteiger partial charge in [0.15, 0.2) is 5.13 Å². The first-order valence-corrected chi connectivity index (χ1v) is 13.0. The van der Waals surface area contributed by atoms with Gasteiger partial charge in [0.05, 0.1) is 40.0 Å². The molecule has 1 fully saturated rings. The van der Waals surface area contributed by atoms with E-state index in [0.717, 1.165) is 4.70 Å². The molecule has 0 saturated carbocycles. The molecular weight excluding hydrogens is 522 g/mol. The molecule has 1 amide bonds. The number of thiazole rings is 1. The summed E-state index contributed by atoms with van der Waals surface area (Å²) in [5.41, 5.74) is 0.746. The normalized spacial score (nSPS) is 16.6. The third-order valence-electron chi connectivity index (χ3n) is 6.15. The summed E-state index contributed by atoms with van der Waals surface area (Å²) in [5.74, 6) is -1.02. The number of hydrogen-bond acceptors (Lipinski definition) is 9. The summed E-state index contributed by atoms with van der Waals surface area (Å²) in [4.78, 5) is 43.6. The molecular formula is C28H23N3O7S. The summed E-state index contributed by atoms with van der Waals surface area (Å²) >= 11 is 1.17. The fraction of sp³-hybridized carbons (Fsp3) is 0.179. The van der Waals surface area contributed by atoms with Crippen molar-refractivity contribution in [3.63, 3.8) is 0 Å². The smallest absolute Gasteiger partial charge is 0.301 e. The van der Waals surface area contributed by atoms with Gasteiger partial charge in [-0.1, -0.05) is 23.5 Å². The molecule has 2 heterocycles. The van der Waals surface area contributed by atoms with Crippen molar-refractivity contribution in [2.24, 2.45) is 0 Å². The minimum Gasteiger partial charge on any atom is -0.507 e. The highest BCUT2D eigenvalue weighted by Crippen LogP contribution is 2.45. The number of anilines is 1. The minimum absolute atomic E-state index is 0.195. The van der Waals surface area contributed by atoms with Crippen molar-refractivity contribution in [3.8, 4) is 11.5 Å². The zero-order valence-corrected chi connectivity index (χ0v) is 21.8. The maximum Gasteiger partial charge on any atom is 0.301 e. The van der Waals surface area contributed by atoms with Gasteiger partial charge in [0, 0.05) is 17.7 Å². The molecule has 39 heavy (non-hydrogen) atoms. The quantitative estimate of drug-likeness (QED) is 0.0991. The van der Waals surface area contributed by atoms with E-state index in [1.54, 1.807) is 48.5 Å². The zero-order chi connectivity index (χ0) is 27.7. The van der Waals surface area contributed by atoms with E-state index in [1.807, 2.05) is 13.8 Å². The molecule has 0 bridgehead atoms. The molecule has 1 aromatic heterocycles.